The number of hydrogen-bond acceptors (Lipinski definition) is 2. The maximum Gasteiger partial charge on any atom is 0.354 e. The molecule has 0 N–H and O–H groups in total. The quantitative estimate of drug-likeness (QED) is 0.465. The van der Waals surface area contributed by atoms with Crippen molar-refractivity contribution in [3.8, 4) is 0 Å². The van der Waals surface area contributed by atoms with E-state index in [1.165, 1.54) is 6.07 Å². The molecule has 22 heavy (non-hydrogen) atoms. The molecule has 6 radical (unpaired) electrons. The van der Waals surface area contributed by atoms with Crippen LogP contribution in [0, 0.1) is 5.82 Å². The van der Waals surface area contributed by atoms with Crippen molar-refractivity contribution in [2.45, 2.75) is 13.1 Å². The fourth-order valence-electron chi connectivity index (χ4n) is 2.33. The number of benzene rings is 1. The highest BCUT2D eigenvalue weighted by molar-refractivity contribution is 7.40. The van der Waals surface area contributed by atoms with Crippen LogP contribution < -0.4 is 10.9 Å². The van der Waals surface area contributed by atoms with Gasteiger partial charge in [0, 0.05) is 5.52 Å². The van der Waals surface area contributed by atoms with Gasteiger partial charge >= 0.3 is 5.97 Å². The van der Waals surface area contributed by atoms with Crippen molar-refractivity contribution in [1.82, 2.24) is 4.48 Å². The lowest BCUT2D eigenvalue weighted by Crippen LogP contribution is -2.29. The van der Waals surface area contributed by atoms with Gasteiger partial charge in [-0.1, -0.05) is 31.9 Å². The Balaban J connectivity index is 2.82. The summed E-state index contributed by atoms with van der Waals surface area (Å²) in [7, 11) is 17.9. The summed E-state index contributed by atoms with van der Waals surface area (Å²) in [6, 6.07) is 1.17. The molecule has 0 bridgehead atoms. The van der Waals surface area contributed by atoms with Crippen molar-refractivity contribution in [2.75, 3.05) is 6.61 Å². The average molecular weight is 309 g/mol. The van der Waals surface area contributed by atoms with Crippen LogP contribution in [0.15, 0.2) is 18.5 Å². The Morgan fingerprint density at radius 1 is 1.50 bits per heavy atom. The first-order valence-electron chi connectivity index (χ1n) is 6.61. The number of fused-ring (bicyclic) bond motifs is 1. The van der Waals surface area contributed by atoms with Crippen molar-refractivity contribution in [2.24, 2.45) is 0 Å². The minimum atomic E-state index is -0.678. The van der Waals surface area contributed by atoms with Crippen LogP contribution in [0.25, 0.3) is 10.9 Å². The maximum absolute atomic E-state index is 13.8. The highest BCUT2D eigenvalue weighted by Gasteiger charge is 2.23. The Labute approximate surface area is 134 Å². The second-order valence-corrected chi connectivity index (χ2v) is 5.75. The second-order valence-electron chi connectivity index (χ2n) is 4.58. The lowest BCUT2D eigenvalue weighted by Gasteiger charge is -2.08. The van der Waals surface area contributed by atoms with E-state index in [-0.39, 0.29) is 23.2 Å². The average Bonchev–Trinajstić information content (AvgIpc) is 2.75. The number of rotatable bonds is 5. The normalized spacial score (nSPS) is 11.4. The molecule has 2 rings (SSSR count). The zero-order chi connectivity index (χ0) is 16.4. The lowest BCUT2D eigenvalue weighted by atomic mass is 9.77. The van der Waals surface area contributed by atoms with Gasteiger partial charge in [0.15, 0.2) is 0 Å². The molecule has 8 heteroatoms. The Hall–Kier alpha value is -1.48. The third-order valence-corrected chi connectivity index (χ3v) is 4.16. The van der Waals surface area contributed by atoms with Crippen LogP contribution in [0.1, 0.15) is 23.0 Å². The summed E-state index contributed by atoms with van der Waals surface area (Å²) in [6.45, 7) is 5.57. The predicted octanol–water partition coefficient (Wildman–Crippen LogP) is 0.798. The molecule has 0 saturated carbocycles. The van der Waals surface area contributed by atoms with E-state index in [2.05, 4.69) is 6.58 Å². The summed E-state index contributed by atoms with van der Waals surface area (Å²) in [5, 5.41) is 0.485. The number of hydrogen-bond donors (Lipinski definition) is 0. The molecule has 2 aromatic rings. The molecule has 1 aromatic heterocycles. The van der Waals surface area contributed by atoms with Crippen molar-refractivity contribution < 1.29 is 13.9 Å². The Morgan fingerprint density at radius 2 is 2.18 bits per heavy atom. The van der Waals surface area contributed by atoms with Crippen LogP contribution in [-0.4, -0.2) is 40.7 Å². The van der Waals surface area contributed by atoms with E-state index in [4.69, 9.17) is 28.4 Å². The summed E-state index contributed by atoms with van der Waals surface area (Å²) in [6.07, 6.45) is 0.494. The van der Waals surface area contributed by atoms with E-state index in [0.29, 0.717) is 31.2 Å². The summed E-state index contributed by atoms with van der Waals surface area (Å²) in [5.74, 6) is 0.475. The number of aromatic nitrogens is 1. The molecular weight excluding hydrogens is 297 g/mol. The number of esters is 1. The maximum atomic E-state index is 13.8. The molecule has 1 atom stereocenters. The summed E-state index contributed by atoms with van der Waals surface area (Å²) in [5.41, 5.74) is 0.975. The number of carbonyl (C=O) groups excluding carboxylic acids is 1. The monoisotopic (exact) mass is 309 g/mol. The minimum absolute atomic E-state index is 0.0774. The van der Waals surface area contributed by atoms with E-state index >= 15 is 0 Å². The third kappa shape index (κ3) is 2.75. The van der Waals surface area contributed by atoms with Crippen LogP contribution in [0.4, 0.5) is 4.39 Å². The van der Waals surface area contributed by atoms with Crippen LogP contribution in [-0.2, 0) is 10.9 Å². The standard InChI is InChI=1S/C14H12B3FNO2P/c1-3-21-14(20)13-7(6-22-4-2)10-9(19(13)17)5-8(18)11(15)12(10)16/h4-5,22H,2-3,6H2,1H3. The van der Waals surface area contributed by atoms with E-state index in [1.54, 1.807) is 12.7 Å². The number of nitrogens with zero attached hydrogens (tertiary/aromatic N) is 1. The highest BCUT2D eigenvalue weighted by Crippen LogP contribution is 2.30. The zero-order valence-electron chi connectivity index (χ0n) is 12.1. The second kappa shape index (κ2) is 6.74. The van der Waals surface area contributed by atoms with Crippen molar-refractivity contribution >= 4 is 60.1 Å². The van der Waals surface area contributed by atoms with Crippen LogP contribution in [0.5, 0.6) is 0 Å². The Morgan fingerprint density at radius 3 is 2.77 bits per heavy atom. The first-order valence-corrected chi connectivity index (χ1v) is 7.89. The summed E-state index contributed by atoms with van der Waals surface area (Å²) < 4.78 is 20.0. The van der Waals surface area contributed by atoms with Gasteiger partial charge in [0.25, 0.3) is 0 Å². The predicted molar refractivity (Wildman–Crippen MR) is 92.0 cm³/mol. The van der Waals surface area contributed by atoms with Gasteiger partial charge in [-0.3, -0.25) is 0 Å². The van der Waals surface area contributed by atoms with Crippen LogP contribution in [0.2, 0.25) is 0 Å². The van der Waals surface area contributed by atoms with Crippen molar-refractivity contribution in [3.05, 3.63) is 35.5 Å². The van der Waals surface area contributed by atoms with E-state index in [1.807, 2.05) is 0 Å². The van der Waals surface area contributed by atoms with Crippen LogP contribution >= 0.6 is 8.58 Å². The first-order chi connectivity index (χ1) is 10.4. The topological polar surface area (TPSA) is 31.2 Å². The SMILES string of the molecule is [B]c1c(F)cc2c(c1[B])c(CPC=C)c(C(=O)OCC)n2[B]. The molecule has 0 saturated heterocycles. The van der Waals surface area contributed by atoms with E-state index in [9.17, 15) is 9.18 Å². The molecule has 0 aliphatic carbocycles. The molecule has 0 aliphatic rings. The smallest absolute Gasteiger partial charge is 0.354 e. The lowest BCUT2D eigenvalue weighted by molar-refractivity contribution is 0.0518. The molecule has 106 valence electrons. The fourth-order valence-corrected chi connectivity index (χ4v) is 3.02. The van der Waals surface area contributed by atoms with Gasteiger partial charge in [-0.25, -0.2) is 9.18 Å². The van der Waals surface area contributed by atoms with Crippen molar-refractivity contribution in [3.63, 3.8) is 0 Å². The highest BCUT2D eigenvalue weighted by atomic mass is 31.1. The molecule has 0 spiro atoms. The molecule has 0 fully saturated rings. The Bertz CT molecular complexity index is 761. The molecule has 0 amide bonds. The summed E-state index contributed by atoms with van der Waals surface area (Å²) >= 11 is 0. The van der Waals surface area contributed by atoms with Crippen LogP contribution in [0.3, 0.4) is 0 Å². The number of carbonyl (C=O) groups is 1. The molecular formula is C14H12B3FNO2P. The van der Waals surface area contributed by atoms with E-state index < -0.39 is 11.8 Å². The Kier molecular flexibility index (Phi) is 5.18. The third-order valence-electron chi connectivity index (χ3n) is 3.32. The largest absolute Gasteiger partial charge is 0.461 e. The van der Waals surface area contributed by atoms with E-state index in [0.717, 1.165) is 4.48 Å². The van der Waals surface area contributed by atoms with Crippen molar-refractivity contribution in [1.29, 1.82) is 0 Å². The molecule has 1 aromatic carbocycles. The van der Waals surface area contributed by atoms with Gasteiger partial charge in [-0.15, -0.1) is 0 Å². The first kappa shape index (κ1) is 16.9. The zero-order valence-corrected chi connectivity index (χ0v) is 13.1. The van der Waals surface area contributed by atoms with Gasteiger partial charge in [0.2, 0.25) is 7.98 Å². The van der Waals surface area contributed by atoms with Gasteiger partial charge in [0.05, 0.1) is 6.61 Å². The molecule has 3 nitrogen and oxygen atoms in total. The minimum Gasteiger partial charge on any atom is -0.461 e. The molecule has 0 aliphatic heterocycles. The number of ether oxygens (including phenoxy) is 1. The van der Waals surface area contributed by atoms with Gasteiger partial charge < -0.3 is 9.21 Å². The van der Waals surface area contributed by atoms with Gasteiger partial charge in [0.1, 0.15) is 27.2 Å². The van der Waals surface area contributed by atoms with Gasteiger partial charge in [-0.2, -0.15) is 0 Å². The van der Waals surface area contributed by atoms with Gasteiger partial charge in [-0.05, 0) is 30.1 Å². The molecule has 1 unspecified atom stereocenters. The number of halogens is 1. The molecule has 1 heterocycles. The fraction of sp³-hybridized carbons (Fsp3) is 0.214. The summed E-state index contributed by atoms with van der Waals surface area (Å²) in [4.78, 5) is 12.2.